The molecule has 0 aliphatic carbocycles. The van der Waals surface area contributed by atoms with Gasteiger partial charge in [0.05, 0.1) is 4.90 Å². The van der Waals surface area contributed by atoms with Crippen LogP contribution in [0.15, 0.2) is 88.2 Å². The Hall–Kier alpha value is -2.63. The van der Waals surface area contributed by atoms with E-state index in [0.29, 0.717) is 10.6 Å². The molecule has 6 heteroatoms. The van der Waals surface area contributed by atoms with Gasteiger partial charge in [0.25, 0.3) is 10.0 Å². The number of sulfonamides is 1. The van der Waals surface area contributed by atoms with Crippen molar-refractivity contribution in [2.75, 3.05) is 5.32 Å². The maximum atomic E-state index is 12.7. The molecule has 0 spiro atoms. The summed E-state index contributed by atoms with van der Waals surface area (Å²) in [6, 6.07) is 22.6. The number of benzene rings is 3. The molecule has 26 heavy (non-hydrogen) atoms. The smallest absolute Gasteiger partial charge is 0.284 e. The topological polar surface area (TPSA) is 58.5 Å². The van der Waals surface area contributed by atoms with Crippen LogP contribution in [-0.2, 0) is 10.0 Å². The molecule has 0 atom stereocenters. The van der Waals surface area contributed by atoms with Crippen LogP contribution >= 0.6 is 11.6 Å². The van der Waals surface area contributed by atoms with Gasteiger partial charge in [-0.25, -0.2) is 0 Å². The lowest BCUT2D eigenvalue weighted by molar-refractivity contribution is 0.598. The number of nitrogens with zero attached hydrogens (tertiary/aromatic N) is 1. The number of anilines is 1. The van der Waals surface area contributed by atoms with Crippen LogP contribution in [0.1, 0.15) is 11.1 Å². The monoisotopic (exact) mass is 384 g/mol. The number of rotatable bonds is 4. The molecule has 0 saturated heterocycles. The van der Waals surface area contributed by atoms with Crippen molar-refractivity contribution in [2.24, 2.45) is 4.40 Å². The van der Waals surface area contributed by atoms with Gasteiger partial charge in [-0.3, -0.25) is 0 Å². The molecule has 3 aromatic carbocycles. The maximum Gasteiger partial charge on any atom is 0.284 e. The third kappa shape index (κ3) is 4.50. The van der Waals surface area contributed by atoms with E-state index in [9.17, 15) is 8.42 Å². The minimum absolute atomic E-state index is 0.137. The van der Waals surface area contributed by atoms with Gasteiger partial charge in [0.2, 0.25) is 0 Å². The Morgan fingerprint density at radius 2 is 1.62 bits per heavy atom. The van der Waals surface area contributed by atoms with Crippen LogP contribution in [-0.4, -0.2) is 14.3 Å². The van der Waals surface area contributed by atoms with Gasteiger partial charge in [-0.05, 0) is 61.0 Å². The van der Waals surface area contributed by atoms with E-state index < -0.39 is 10.0 Å². The Morgan fingerprint density at radius 1 is 0.923 bits per heavy atom. The van der Waals surface area contributed by atoms with E-state index in [2.05, 4.69) is 9.71 Å². The average Bonchev–Trinajstić information content (AvgIpc) is 2.62. The third-order valence-electron chi connectivity index (χ3n) is 3.65. The highest BCUT2D eigenvalue weighted by atomic mass is 35.5. The first-order valence-corrected chi connectivity index (χ1v) is 9.75. The van der Waals surface area contributed by atoms with Crippen LogP contribution in [0.2, 0.25) is 5.02 Å². The summed E-state index contributed by atoms with van der Waals surface area (Å²) in [5.41, 5.74) is 2.42. The zero-order chi connectivity index (χ0) is 18.6. The third-order valence-corrected chi connectivity index (χ3v) is 5.19. The molecule has 0 radical (unpaired) electrons. The fourth-order valence-corrected chi connectivity index (χ4v) is 3.50. The largest absolute Gasteiger partial charge is 0.339 e. The fourth-order valence-electron chi connectivity index (χ4n) is 2.38. The van der Waals surface area contributed by atoms with Crippen molar-refractivity contribution in [2.45, 2.75) is 11.8 Å². The van der Waals surface area contributed by atoms with Crippen LogP contribution in [0.4, 0.5) is 5.69 Å². The summed E-state index contributed by atoms with van der Waals surface area (Å²) in [6.45, 7) is 1.96. The van der Waals surface area contributed by atoms with Gasteiger partial charge in [-0.15, -0.1) is 4.40 Å². The molecule has 0 aliphatic rings. The molecule has 0 heterocycles. The summed E-state index contributed by atoms with van der Waals surface area (Å²) in [5.74, 6) is 0.233. The maximum absolute atomic E-state index is 12.7. The summed E-state index contributed by atoms with van der Waals surface area (Å²) >= 11 is 5.95. The van der Waals surface area contributed by atoms with Gasteiger partial charge in [-0.1, -0.05) is 41.9 Å². The second kappa shape index (κ2) is 7.72. The normalized spacial score (nSPS) is 12.0. The molecule has 3 aromatic rings. The molecule has 0 amide bonds. The van der Waals surface area contributed by atoms with Crippen molar-refractivity contribution in [3.63, 3.8) is 0 Å². The second-order valence-electron chi connectivity index (χ2n) is 5.73. The molecular formula is C20H17ClN2O2S. The molecule has 1 N–H and O–H groups in total. The van der Waals surface area contributed by atoms with Gasteiger partial charge in [0, 0.05) is 16.3 Å². The number of hydrogen-bond donors (Lipinski definition) is 1. The van der Waals surface area contributed by atoms with E-state index >= 15 is 0 Å². The minimum Gasteiger partial charge on any atom is -0.339 e. The number of halogens is 1. The standard InChI is InChI=1S/C20H17ClN2O2S/c1-15-6-5-7-18(14-15)22-20(16-10-12-17(21)13-11-16)23-26(24,25)19-8-3-2-4-9-19/h2-14H,1H3,(H,22,23). The fraction of sp³-hybridized carbons (Fsp3) is 0.0500. The van der Waals surface area contributed by atoms with Crippen LogP contribution in [0, 0.1) is 6.92 Å². The van der Waals surface area contributed by atoms with Gasteiger partial charge in [-0.2, -0.15) is 8.42 Å². The number of aryl methyl sites for hydroxylation is 1. The highest BCUT2D eigenvalue weighted by Gasteiger charge is 2.15. The first-order valence-electron chi connectivity index (χ1n) is 7.94. The highest BCUT2D eigenvalue weighted by Crippen LogP contribution is 2.18. The predicted octanol–water partition coefficient (Wildman–Crippen LogP) is 4.90. The average molecular weight is 385 g/mol. The van der Waals surface area contributed by atoms with E-state index in [1.54, 1.807) is 42.5 Å². The lowest BCUT2D eigenvalue weighted by Crippen LogP contribution is -2.16. The van der Waals surface area contributed by atoms with E-state index in [4.69, 9.17) is 11.6 Å². The lowest BCUT2D eigenvalue weighted by atomic mass is 10.2. The Kier molecular flexibility index (Phi) is 5.40. The summed E-state index contributed by atoms with van der Waals surface area (Å²) in [4.78, 5) is 0.137. The SMILES string of the molecule is Cc1cccc(N/C(=N/S(=O)(=O)c2ccccc2)c2ccc(Cl)cc2)c1. The van der Waals surface area contributed by atoms with Crippen molar-refractivity contribution in [1.82, 2.24) is 0 Å². The van der Waals surface area contributed by atoms with Crippen LogP contribution in [0.25, 0.3) is 0 Å². The van der Waals surface area contributed by atoms with E-state index in [1.165, 1.54) is 12.1 Å². The molecule has 0 aromatic heterocycles. The van der Waals surface area contributed by atoms with E-state index in [1.807, 2.05) is 31.2 Å². The van der Waals surface area contributed by atoms with Crippen molar-refractivity contribution >= 4 is 33.1 Å². The predicted molar refractivity (Wildman–Crippen MR) is 106 cm³/mol. The first-order chi connectivity index (χ1) is 12.4. The van der Waals surface area contributed by atoms with Gasteiger partial charge >= 0.3 is 0 Å². The molecule has 0 bridgehead atoms. The zero-order valence-corrected chi connectivity index (χ0v) is 15.6. The van der Waals surface area contributed by atoms with E-state index in [0.717, 1.165) is 11.3 Å². The van der Waals surface area contributed by atoms with Crippen molar-refractivity contribution in [3.05, 3.63) is 95.0 Å². The Balaban J connectivity index is 2.06. The van der Waals surface area contributed by atoms with Crippen molar-refractivity contribution in [3.8, 4) is 0 Å². The Morgan fingerprint density at radius 3 is 2.27 bits per heavy atom. The van der Waals surface area contributed by atoms with E-state index in [-0.39, 0.29) is 10.7 Å². The van der Waals surface area contributed by atoms with Crippen LogP contribution < -0.4 is 5.32 Å². The molecule has 3 rings (SSSR count). The van der Waals surface area contributed by atoms with Crippen LogP contribution in [0.3, 0.4) is 0 Å². The number of amidine groups is 1. The molecule has 4 nitrogen and oxygen atoms in total. The molecule has 0 unspecified atom stereocenters. The molecule has 0 aliphatic heterocycles. The Bertz CT molecular complexity index is 1030. The number of hydrogen-bond acceptors (Lipinski definition) is 2. The Labute approximate surface area is 158 Å². The zero-order valence-electron chi connectivity index (χ0n) is 14.1. The van der Waals surface area contributed by atoms with Gasteiger partial charge < -0.3 is 5.32 Å². The highest BCUT2D eigenvalue weighted by molar-refractivity contribution is 7.90. The van der Waals surface area contributed by atoms with Crippen LogP contribution in [0.5, 0.6) is 0 Å². The summed E-state index contributed by atoms with van der Waals surface area (Å²) < 4.78 is 29.4. The summed E-state index contributed by atoms with van der Waals surface area (Å²) in [6.07, 6.45) is 0. The van der Waals surface area contributed by atoms with Crippen molar-refractivity contribution in [1.29, 1.82) is 0 Å². The second-order valence-corrected chi connectivity index (χ2v) is 7.77. The molecule has 0 fully saturated rings. The molecular weight excluding hydrogens is 368 g/mol. The lowest BCUT2D eigenvalue weighted by Gasteiger charge is -2.11. The summed E-state index contributed by atoms with van der Waals surface area (Å²) in [5, 5.41) is 3.67. The van der Waals surface area contributed by atoms with Gasteiger partial charge in [0.15, 0.2) is 5.84 Å². The minimum atomic E-state index is -3.86. The first kappa shape index (κ1) is 18.2. The quantitative estimate of drug-likeness (QED) is 0.514. The summed E-state index contributed by atoms with van der Waals surface area (Å²) in [7, 11) is -3.86. The molecule has 0 saturated carbocycles. The van der Waals surface area contributed by atoms with Gasteiger partial charge in [0.1, 0.15) is 0 Å². The van der Waals surface area contributed by atoms with Crippen molar-refractivity contribution < 1.29 is 8.42 Å². The molecule has 132 valence electrons. The number of nitrogens with one attached hydrogen (secondary N) is 1.